The van der Waals surface area contributed by atoms with Crippen molar-refractivity contribution in [2.24, 2.45) is 0 Å². The van der Waals surface area contributed by atoms with Gasteiger partial charge in [0.15, 0.2) is 0 Å². The number of amides is 1. The fourth-order valence-corrected chi connectivity index (χ4v) is 1.85. The number of carbonyl (C=O) groups is 3. The van der Waals surface area contributed by atoms with Crippen LogP contribution < -0.4 is 10.6 Å². The first-order valence-electron chi connectivity index (χ1n) is 8.12. The summed E-state index contributed by atoms with van der Waals surface area (Å²) in [4.78, 5) is 34.4. The number of carboxylic acid groups (broad SMARTS) is 1. The number of nitriles is 1. The number of nitrogens with one attached hydrogen (secondary N) is 2. The molecule has 1 rings (SSSR count). The third kappa shape index (κ3) is 7.05. The first-order chi connectivity index (χ1) is 12.5. The van der Waals surface area contributed by atoms with Gasteiger partial charge in [-0.25, -0.2) is 4.79 Å². The van der Waals surface area contributed by atoms with E-state index in [1.54, 1.807) is 30.3 Å². The molecule has 1 aromatic carbocycles. The molecule has 1 aromatic rings. The second kappa shape index (κ2) is 11.3. The topological polar surface area (TPSA) is 129 Å². The molecule has 8 nitrogen and oxygen atoms in total. The average Bonchev–Trinajstić information content (AvgIpc) is 2.62. The fourth-order valence-electron chi connectivity index (χ4n) is 1.85. The molecule has 0 saturated heterocycles. The van der Waals surface area contributed by atoms with Gasteiger partial charge in [0.2, 0.25) is 0 Å². The van der Waals surface area contributed by atoms with Gasteiger partial charge in [0.05, 0.1) is 24.3 Å². The smallest absolute Gasteiger partial charge is 0.340 e. The van der Waals surface area contributed by atoms with Crippen LogP contribution in [0.4, 0.5) is 5.69 Å². The van der Waals surface area contributed by atoms with Crippen LogP contribution in [0.1, 0.15) is 36.5 Å². The Bertz CT molecular complexity index is 722. The van der Waals surface area contributed by atoms with E-state index in [9.17, 15) is 14.4 Å². The summed E-state index contributed by atoms with van der Waals surface area (Å²) in [7, 11) is 0. The maximum Gasteiger partial charge on any atom is 0.340 e. The van der Waals surface area contributed by atoms with Crippen molar-refractivity contribution in [1.82, 2.24) is 5.32 Å². The molecule has 0 aliphatic rings. The van der Waals surface area contributed by atoms with Crippen LogP contribution in [0.15, 0.2) is 36.0 Å². The van der Waals surface area contributed by atoms with E-state index in [1.807, 2.05) is 6.92 Å². The maximum absolute atomic E-state index is 12.1. The van der Waals surface area contributed by atoms with Crippen LogP contribution >= 0.6 is 0 Å². The number of unbranched alkanes of at least 4 members (excludes halogenated alkanes) is 1. The third-order valence-electron chi connectivity index (χ3n) is 3.24. The summed E-state index contributed by atoms with van der Waals surface area (Å²) < 4.78 is 5.17. The van der Waals surface area contributed by atoms with Gasteiger partial charge in [-0.15, -0.1) is 0 Å². The number of esters is 1. The summed E-state index contributed by atoms with van der Waals surface area (Å²) >= 11 is 0. The number of ether oxygens (including phenoxy) is 1. The lowest BCUT2D eigenvalue weighted by Crippen LogP contribution is -2.27. The van der Waals surface area contributed by atoms with Crippen LogP contribution in [0.3, 0.4) is 0 Å². The van der Waals surface area contributed by atoms with Gasteiger partial charge in [-0.05, 0) is 18.6 Å². The van der Waals surface area contributed by atoms with Crippen LogP contribution in [0.25, 0.3) is 0 Å². The summed E-state index contributed by atoms with van der Waals surface area (Å²) in [6.07, 6.45) is 2.58. The molecule has 0 saturated carbocycles. The van der Waals surface area contributed by atoms with Crippen molar-refractivity contribution in [2.45, 2.75) is 26.2 Å². The molecule has 0 unspecified atom stereocenters. The summed E-state index contributed by atoms with van der Waals surface area (Å²) in [6, 6.07) is 8.28. The number of carboxylic acids is 1. The molecule has 3 N–H and O–H groups in total. The highest BCUT2D eigenvalue weighted by atomic mass is 16.5. The molecule has 1 amide bonds. The van der Waals surface area contributed by atoms with Crippen LogP contribution in [0.5, 0.6) is 0 Å². The molecule has 0 atom stereocenters. The molecule has 0 fully saturated rings. The van der Waals surface area contributed by atoms with E-state index in [2.05, 4.69) is 10.6 Å². The zero-order chi connectivity index (χ0) is 19.4. The fraction of sp³-hybridized carbons (Fsp3) is 0.333. The highest BCUT2D eigenvalue weighted by molar-refractivity contribution is 5.99. The first kappa shape index (κ1) is 20.7. The monoisotopic (exact) mass is 359 g/mol. The molecular formula is C18H21N3O5. The van der Waals surface area contributed by atoms with Crippen LogP contribution in [-0.2, 0) is 14.3 Å². The Balaban J connectivity index is 2.78. The van der Waals surface area contributed by atoms with E-state index >= 15 is 0 Å². The normalized spacial score (nSPS) is 10.5. The Morgan fingerprint density at radius 2 is 2.04 bits per heavy atom. The lowest BCUT2D eigenvalue weighted by molar-refractivity contribution is -0.136. The Morgan fingerprint density at radius 1 is 1.31 bits per heavy atom. The number of aliphatic carboxylic acids is 1. The van der Waals surface area contributed by atoms with Crippen molar-refractivity contribution in [3.8, 4) is 6.07 Å². The zero-order valence-electron chi connectivity index (χ0n) is 14.4. The molecule has 0 spiro atoms. The van der Waals surface area contributed by atoms with Crippen molar-refractivity contribution in [3.05, 3.63) is 41.6 Å². The highest BCUT2D eigenvalue weighted by Gasteiger charge is 2.13. The lowest BCUT2D eigenvalue weighted by Gasteiger charge is -2.09. The third-order valence-corrected chi connectivity index (χ3v) is 3.24. The number of para-hydroxylation sites is 1. The van der Waals surface area contributed by atoms with Crippen LogP contribution in [-0.4, -0.2) is 36.1 Å². The van der Waals surface area contributed by atoms with Crippen molar-refractivity contribution >= 4 is 23.5 Å². The Morgan fingerprint density at radius 3 is 2.69 bits per heavy atom. The van der Waals surface area contributed by atoms with Crippen LogP contribution in [0, 0.1) is 11.3 Å². The molecule has 0 heterocycles. The molecule has 0 aromatic heterocycles. The van der Waals surface area contributed by atoms with Crippen molar-refractivity contribution < 1.29 is 24.2 Å². The molecule has 0 aliphatic heterocycles. The quantitative estimate of drug-likeness (QED) is 0.252. The van der Waals surface area contributed by atoms with Gasteiger partial charge in [0, 0.05) is 12.7 Å². The number of rotatable bonds is 10. The summed E-state index contributed by atoms with van der Waals surface area (Å²) in [5.74, 6) is -2.26. The average molecular weight is 359 g/mol. The predicted molar refractivity (Wildman–Crippen MR) is 94.2 cm³/mol. The number of anilines is 1. The summed E-state index contributed by atoms with van der Waals surface area (Å²) in [5, 5.41) is 22.7. The van der Waals surface area contributed by atoms with E-state index < -0.39 is 17.8 Å². The van der Waals surface area contributed by atoms with Gasteiger partial charge in [-0.2, -0.15) is 5.26 Å². The minimum absolute atomic E-state index is 0.0898. The van der Waals surface area contributed by atoms with Crippen LogP contribution in [0.2, 0.25) is 0 Å². The number of hydrogen-bond acceptors (Lipinski definition) is 6. The zero-order valence-corrected chi connectivity index (χ0v) is 14.4. The second-order valence-corrected chi connectivity index (χ2v) is 5.25. The van der Waals surface area contributed by atoms with Gasteiger partial charge in [-0.3, -0.25) is 9.59 Å². The number of benzene rings is 1. The minimum Gasteiger partial charge on any atom is -0.481 e. The summed E-state index contributed by atoms with van der Waals surface area (Å²) in [6.45, 7) is 2.21. The summed E-state index contributed by atoms with van der Waals surface area (Å²) in [5.41, 5.74) is 0.424. The van der Waals surface area contributed by atoms with E-state index in [4.69, 9.17) is 15.1 Å². The van der Waals surface area contributed by atoms with Crippen molar-refractivity contribution in [2.75, 3.05) is 18.5 Å². The first-order valence-corrected chi connectivity index (χ1v) is 8.12. The Labute approximate surface area is 151 Å². The molecule has 0 aliphatic carbocycles. The van der Waals surface area contributed by atoms with Gasteiger partial charge in [-0.1, -0.05) is 25.5 Å². The molecule has 138 valence electrons. The molecular weight excluding hydrogens is 338 g/mol. The Kier molecular flexibility index (Phi) is 8.96. The number of hydrogen-bond donors (Lipinski definition) is 3. The highest BCUT2D eigenvalue weighted by Crippen LogP contribution is 2.17. The number of carbonyl (C=O) groups excluding carboxylic acids is 2. The van der Waals surface area contributed by atoms with E-state index in [0.29, 0.717) is 12.3 Å². The number of nitrogens with zero attached hydrogens (tertiary/aromatic N) is 1. The Hall–Kier alpha value is -3.34. The lowest BCUT2D eigenvalue weighted by atomic mass is 10.1. The largest absolute Gasteiger partial charge is 0.481 e. The predicted octanol–water partition coefficient (Wildman–Crippen LogP) is 2.05. The van der Waals surface area contributed by atoms with Gasteiger partial charge < -0.3 is 20.5 Å². The van der Waals surface area contributed by atoms with Crippen molar-refractivity contribution in [1.29, 1.82) is 5.26 Å². The molecule has 0 bridgehead atoms. The molecule has 26 heavy (non-hydrogen) atoms. The molecule has 8 heteroatoms. The second-order valence-electron chi connectivity index (χ2n) is 5.25. The van der Waals surface area contributed by atoms with Gasteiger partial charge in [0.1, 0.15) is 11.6 Å². The standard InChI is InChI=1S/C18H21N3O5/c1-2-3-10-26-18(25)14-6-4-5-7-15(14)21-12-13(11-19)17(24)20-9-8-16(22)23/h4-7,12,21H,2-3,8-10H2,1H3,(H,20,24)(H,22,23)/b13-12-. The van der Waals surface area contributed by atoms with E-state index in [1.165, 1.54) is 0 Å². The van der Waals surface area contributed by atoms with Crippen molar-refractivity contribution in [3.63, 3.8) is 0 Å². The SMILES string of the molecule is CCCCOC(=O)c1ccccc1N/C=C(/C#N)C(=O)NCCC(=O)O. The molecule has 0 radical (unpaired) electrons. The van der Waals surface area contributed by atoms with E-state index in [0.717, 1.165) is 19.0 Å². The maximum atomic E-state index is 12.1. The van der Waals surface area contributed by atoms with E-state index in [-0.39, 0.29) is 24.1 Å². The van der Waals surface area contributed by atoms with Gasteiger partial charge in [0.25, 0.3) is 5.91 Å². The minimum atomic E-state index is -1.05. The van der Waals surface area contributed by atoms with Gasteiger partial charge >= 0.3 is 11.9 Å².